The van der Waals surface area contributed by atoms with E-state index < -0.39 is 0 Å². The second kappa shape index (κ2) is 8.06. The first-order valence-corrected chi connectivity index (χ1v) is 7.32. The topological polar surface area (TPSA) is 74.5 Å². The first-order valence-electron chi connectivity index (χ1n) is 7.32. The Morgan fingerprint density at radius 1 is 1.13 bits per heavy atom. The fourth-order valence-electron chi connectivity index (χ4n) is 2.34. The van der Waals surface area contributed by atoms with Gasteiger partial charge in [-0.15, -0.1) is 0 Å². The summed E-state index contributed by atoms with van der Waals surface area (Å²) in [5.74, 6) is 1.33. The van der Waals surface area contributed by atoms with Gasteiger partial charge in [-0.25, -0.2) is 0 Å². The van der Waals surface area contributed by atoms with Crippen LogP contribution >= 0.6 is 0 Å². The van der Waals surface area contributed by atoms with E-state index in [0.29, 0.717) is 29.4 Å². The maximum atomic E-state index is 9.72. The van der Waals surface area contributed by atoms with E-state index in [9.17, 15) is 10.4 Å². The minimum absolute atomic E-state index is 0.293. The lowest BCUT2D eigenvalue weighted by molar-refractivity contribution is 0.391. The van der Waals surface area contributed by atoms with Crippen molar-refractivity contribution in [2.45, 2.75) is 13.0 Å². The van der Waals surface area contributed by atoms with Gasteiger partial charge in [-0.3, -0.25) is 0 Å². The first-order chi connectivity index (χ1) is 11.2. The highest BCUT2D eigenvalue weighted by Crippen LogP contribution is 2.29. The summed E-state index contributed by atoms with van der Waals surface area (Å²) in [4.78, 5) is 0. The Labute approximate surface area is 136 Å². The number of ether oxygens (including phenoxy) is 2. The van der Waals surface area contributed by atoms with Gasteiger partial charge in [0.1, 0.15) is 28.9 Å². The highest BCUT2D eigenvalue weighted by atomic mass is 16.5. The number of methoxy groups -OCH3 is 2. The second-order valence-electron chi connectivity index (χ2n) is 5.04. The van der Waals surface area contributed by atoms with Crippen LogP contribution in [0.1, 0.15) is 16.7 Å². The number of para-hydroxylation sites is 1. The lowest BCUT2D eigenvalue weighted by Gasteiger charge is -2.12. The van der Waals surface area contributed by atoms with Crippen molar-refractivity contribution in [2.75, 3.05) is 20.8 Å². The summed E-state index contributed by atoms with van der Waals surface area (Å²) in [5.41, 5.74) is 2.28. The fourth-order valence-corrected chi connectivity index (χ4v) is 2.34. The standard InChI is InChI=1S/C18H20N2O3/c1-22-17-9-13(10-18(23-2)15(17)11-19)7-8-20-12-14-5-3-4-6-16(14)21/h3-6,9-10,20-21H,7-8,12H2,1-2H3. The number of aromatic hydroxyl groups is 1. The van der Waals surface area contributed by atoms with Gasteiger partial charge in [0.05, 0.1) is 14.2 Å². The van der Waals surface area contributed by atoms with Crippen LogP contribution in [0.4, 0.5) is 0 Å². The highest BCUT2D eigenvalue weighted by Gasteiger charge is 2.12. The van der Waals surface area contributed by atoms with E-state index >= 15 is 0 Å². The molecular formula is C18H20N2O3. The summed E-state index contributed by atoms with van der Waals surface area (Å²) < 4.78 is 10.5. The molecule has 5 heteroatoms. The van der Waals surface area contributed by atoms with E-state index in [2.05, 4.69) is 11.4 Å². The van der Waals surface area contributed by atoms with Gasteiger partial charge in [-0.1, -0.05) is 18.2 Å². The molecule has 2 rings (SSSR count). The molecule has 0 aliphatic carbocycles. The van der Waals surface area contributed by atoms with Crippen LogP contribution in [0.2, 0.25) is 0 Å². The van der Waals surface area contributed by atoms with Crippen LogP contribution in [-0.2, 0) is 13.0 Å². The Hall–Kier alpha value is -2.71. The number of nitrogens with one attached hydrogen (secondary N) is 1. The van der Waals surface area contributed by atoms with E-state index in [-0.39, 0.29) is 0 Å². The zero-order valence-corrected chi connectivity index (χ0v) is 13.3. The van der Waals surface area contributed by atoms with Crippen molar-refractivity contribution in [2.24, 2.45) is 0 Å². The zero-order chi connectivity index (χ0) is 16.7. The summed E-state index contributed by atoms with van der Waals surface area (Å²) in [6.45, 7) is 1.32. The Balaban J connectivity index is 1.98. The average molecular weight is 312 g/mol. The van der Waals surface area contributed by atoms with Crippen molar-refractivity contribution in [3.63, 3.8) is 0 Å². The molecule has 2 aromatic carbocycles. The highest BCUT2D eigenvalue weighted by molar-refractivity contribution is 5.55. The van der Waals surface area contributed by atoms with Crippen LogP contribution in [0, 0.1) is 11.3 Å². The molecule has 0 radical (unpaired) electrons. The predicted molar refractivity (Wildman–Crippen MR) is 87.8 cm³/mol. The Kier molecular flexibility index (Phi) is 5.84. The van der Waals surface area contributed by atoms with Crippen LogP contribution in [0.15, 0.2) is 36.4 Å². The molecular weight excluding hydrogens is 292 g/mol. The SMILES string of the molecule is COc1cc(CCNCc2ccccc2O)cc(OC)c1C#N. The summed E-state index contributed by atoms with van der Waals surface area (Å²) in [7, 11) is 3.08. The second-order valence-corrected chi connectivity index (χ2v) is 5.04. The van der Waals surface area contributed by atoms with Crippen molar-refractivity contribution in [1.29, 1.82) is 5.26 Å². The molecule has 120 valence electrons. The number of phenolic OH excluding ortho intramolecular Hbond substituents is 1. The number of nitriles is 1. The van der Waals surface area contributed by atoms with Gasteiger partial charge in [0.15, 0.2) is 0 Å². The third kappa shape index (κ3) is 4.15. The Morgan fingerprint density at radius 3 is 2.35 bits per heavy atom. The van der Waals surface area contributed by atoms with Crippen LogP contribution in [0.3, 0.4) is 0 Å². The molecule has 0 aliphatic heterocycles. The van der Waals surface area contributed by atoms with E-state index in [1.165, 1.54) is 14.2 Å². The molecule has 0 saturated carbocycles. The molecule has 5 nitrogen and oxygen atoms in total. The van der Waals surface area contributed by atoms with Crippen LogP contribution < -0.4 is 14.8 Å². The molecule has 0 bridgehead atoms. The molecule has 0 atom stereocenters. The number of hydrogen-bond donors (Lipinski definition) is 2. The van der Waals surface area contributed by atoms with Gasteiger partial charge in [-0.05, 0) is 36.7 Å². The Bertz CT molecular complexity index is 683. The monoisotopic (exact) mass is 312 g/mol. The van der Waals surface area contributed by atoms with Crippen molar-refractivity contribution in [1.82, 2.24) is 5.32 Å². The molecule has 0 amide bonds. The van der Waals surface area contributed by atoms with E-state index in [1.54, 1.807) is 12.1 Å². The number of benzene rings is 2. The van der Waals surface area contributed by atoms with Crippen molar-refractivity contribution in [3.05, 3.63) is 53.1 Å². The van der Waals surface area contributed by atoms with Gasteiger partial charge in [0, 0.05) is 12.1 Å². The summed E-state index contributed by atoms with van der Waals surface area (Å²) in [5, 5.41) is 22.2. The maximum absolute atomic E-state index is 9.72. The summed E-state index contributed by atoms with van der Waals surface area (Å²) in [6.07, 6.45) is 0.756. The predicted octanol–water partition coefficient (Wildman–Crippen LogP) is 2.61. The van der Waals surface area contributed by atoms with Crippen molar-refractivity contribution < 1.29 is 14.6 Å². The average Bonchev–Trinajstić information content (AvgIpc) is 2.59. The molecule has 23 heavy (non-hydrogen) atoms. The largest absolute Gasteiger partial charge is 0.508 e. The number of hydrogen-bond acceptors (Lipinski definition) is 5. The van der Waals surface area contributed by atoms with Gasteiger partial charge >= 0.3 is 0 Å². The molecule has 0 aromatic heterocycles. The summed E-state index contributed by atoms with van der Waals surface area (Å²) >= 11 is 0. The van der Waals surface area contributed by atoms with Crippen molar-refractivity contribution in [3.8, 4) is 23.3 Å². The van der Waals surface area contributed by atoms with E-state index in [1.807, 2.05) is 24.3 Å². The molecule has 0 saturated heterocycles. The lowest BCUT2D eigenvalue weighted by Crippen LogP contribution is -2.16. The van der Waals surface area contributed by atoms with Gasteiger partial charge in [0.2, 0.25) is 0 Å². The van der Waals surface area contributed by atoms with E-state index in [4.69, 9.17) is 9.47 Å². The smallest absolute Gasteiger partial charge is 0.140 e. The summed E-state index contributed by atoms with van der Waals surface area (Å²) in [6, 6.07) is 13.0. The van der Waals surface area contributed by atoms with Crippen molar-refractivity contribution >= 4 is 0 Å². The van der Waals surface area contributed by atoms with E-state index in [0.717, 1.165) is 24.1 Å². The zero-order valence-electron chi connectivity index (χ0n) is 13.3. The third-order valence-electron chi connectivity index (χ3n) is 3.57. The Morgan fingerprint density at radius 2 is 1.78 bits per heavy atom. The number of phenols is 1. The van der Waals surface area contributed by atoms with Gasteiger partial charge in [0.25, 0.3) is 0 Å². The third-order valence-corrected chi connectivity index (χ3v) is 3.57. The van der Waals surface area contributed by atoms with Crippen LogP contribution in [0.5, 0.6) is 17.2 Å². The fraction of sp³-hybridized carbons (Fsp3) is 0.278. The van der Waals surface area contributed by atoms with Gasteiger partial charge in [-0.2, -0.15) is 5.26 Å². The molecule has 0 heterocycles. The minimum atomic E-state index is 0.293. The maximum Gasteiger partial charge on any atom is 0.140 e. The number of rotatable bonds is 7. The normalized spacial score (nSPS) is 10.1. The molecule has 0 aliphatic rings. The first kappa shape index (κ1) is 16.7. The molecule has 2 aromatic rings. The minimum Gasteiger partial charge on any atom is -0.508 e. The molecule has 0 spiro atoms. The molecule has 0 unspecified atom stereocenters. The number of nitrogens with zero attached hydrogens (tertiary/aromatic N) is 1. The molecule has 2 N–H and O–H groups in total. The molecule has 0 fully saturated rings. The van der Waals surface area contributed by atoms with Gasteiger partial charge < -0.3 is 19.9 Å². The lowest BCUT2D eigenvalue weighted by atomic mass is 10.1. The van der Waals surface area contributed by atoms with Crippen LogP contribution in [-0.4, -0.2) is 25.9 Å². The quantitative estimate of drug-likeness (QED) is 0.769. The van der Waals surface area contributed by atoms with Crippen LogP contribution in [0.25, 0.3) is 0 Å².